The van der Waals surface area contributed by atoms with Gasteiger partial charge in [0.05, 0.1) is 0 Å². The number of benzene rings is 2. The van der Waals surface area contributed by atoms with Crippen molar-refractivity contribution in [2.45, 2.75) is 0 Å². The van der Waals surface area contributed by atoms with E-state index in [0.29, 0.717) is 0 Å². The fraction of sp³-hybridized carbons (Fsp3) is 0. The van der Waals surface area contributed by atoms with E-state index < -0.39 is 14.5 Å². The normalized spacial score (nSPS) is 11.6. The van der Waals surface area contributed by atoms with Gasteiger partial charge in [-0.15, -0.1) is 0 Å². The summed E-state index contributed by atoms with van der Waals surface area (Å²) in [4.78, 5) is 0. The Kier molecular flexibility index (Phi) is 3.86. The number of rotatable bonds is 2. The van der Waals surface area contributed by atoms with Gasteiger partial charge in [0.25, 0.3) is 0 Å². The average Bonchev–Trinajstić information content (AvgIpc) is 2.46. The molecule has 0 spiro atoms. The Labute approximate surface area is 125 Å². The van der Waals surface area contributed by atoms with Crippen LogP contribution in [0, 0.1) is 0 Å². The summed E-state index contributed by atoms with van der Waals surface area (Å²) >= 11 is -2.26. The molecule has 1 heterocycles. The molecule has 0 aliphatic rings. The molecule has 0 N–H and O–H groups in total. The molecule has 0 unspecified atom stereocenters. The predicted octanol–water partition coefficient (Wildman–Crippen LogP) is 3.67. The number of aromatic nitrogens is 1. The molecule has 3 rings (SSSR count). The summed E-state index contributed by atoms with van der Waals surface area (Å²) in [5.41, 5.74) is 1.09. The molecule has 4 heteroatoms. The molecule has 0 saturated carbocycles. The van der Waals surface area contributed by atoms with E-state index in [9.17, 15) is 0 Å². The Morgan fingerprint density at radius 3 is 2.21 bits per heavy atom. The first-order valence-electron chi connectivity index (χ1n) is 5.73. The number of nitrogens with zero attached hydrogens (tertiary/aromatic N) is 1. The van der Waals surface area contributed by atoms with Crippen LogP contribution in [0.1, 0.15) is 0 Å². The fourth-order valence-corrected chi connectivity index (χ4v) is 6.14. The number of halogens is 2. The summed E-state index contributed by atoms with van der Waals surface area (Å²) in [5, 5.41) is 2.32. The van der Waals surface area contributed by atoms with E-state index in [1.165, 1.54) is 5.39 Å². The van der Waals surface area contributed by atoms with Crippen LogP contribution in [0.2, 0.25) is 0 Å². The van der Waals surface area contributed by atoms with Gasteiger partial charge in [-0.05, 0) is 0 Å². The molecule has 0 radical (unpaired) electrons. The Morgan fingerprint density at radius 1 is 0.789 bits per heavy atom. The SMILES string of the molecule is [Cl][Ir]([Cl])[c]1c2ccccc2cc[n+]1-c1ccccc1. The second kappa shape index (κ2) is 5.60. The Hall–Kier alpha value is -0.921. The van der Waals surface area contributed by atoms with E-state index >= 15 is 0 Å². The summed E-state index contributed by atoms with van der Waals surface area (Å²) in [6.45, 7) is 0. The Morgan fingerprint density at radius 2 is 1.47 bits per heavy atom. The quantitative estimate of drug-likeness (QED) is 0.506. The third-order valence-electron chi connectivity index (χ3n) is 2.93. The van der Waals surface area contributed by atoms with Gasteiger partial charge in [-0.3, -0.25) is 0 Å². The van der Waals surface area contributed by atoms with Gasteiger partial charge in [0.15, 0.2) is 0 Å². The fourth-order valence-electron chi connectivity index (χ4n) is 2.08. The molecule has 0 atom stereocenters. The zero-order valence-corrected chi connectivity index (χ0v) is 13.8. The van der Waals surface area contributed by atoms with Crippen molar-refractivity contribution in [3.63, 3.8) is 0 Å². The molecule has 0 bridgehead atoms. The van der Waals surface area contributed by atoms with Gasteiger partial charge in [-0.25, -0.2) is 0 Å². The molecule has 0 aliphatic carbocycles. The van der Waals surface area contributed by atoms with Crippen molar-refractivity contribution < 1.29 is 19.0 Å². The van der Waals surface area contributed by atoms with Crippen LogP contribution in [-0.4, -0.2) is 0 Å². The standard InChI is InChI=1S/C15H11N.2ClH.Ir/c1-2-8-15(9-3-1)16-11-10-13-6-4-5-7-14(13)12-16;;;/h1-11H;2*1H;/q+1;;;+2/p-2. The molecule has 0 saturated heterocycles. The van der Waals surface area contributed by atoms with E-state index in [1.54, 1.807) is 0 Å². The van der Waals surface area contributed by atoms with Crippen LogP contribution >= 0.6 is 19.2 Å². The minimum absolute atomic E-state index is 1.06. The monoisotopic (exact) mass is 468 g/mol. The van der Waals surface area contributed by atoms with Gasteiger partial charge in [0.1, 0.15) is 0 Å². The van der Waals surface area contributed by atoms with Crippen molar-refractivity contribution in [2.24, 2.45) is 0 Å². The molecule has 0 fully saturated rings. The summed E-state index contributed by atoms with van der Waals surface area (Å²) in [7, 11) is 12.7. The van der Waals surface area contributed by atoms with E-state index in [1.807, 2.05) is 36.5 Å². The summed E-state index contributed by atoms with van der Waals surface area (Å²) in [6.07, 6.45) is 2.05. The molecule has 19 heavy (non-hydrogen) atoms. The number of hydrogen-bond acceptors (Lipinski definition) is 0. The van der Waals surface area contributed by atoms with Gasteiger partial charge >= 0.3 is 126 Å². The van der Waals surface area contributed by atoms with Crippen molar-refractivity contribution in [1.82, 2.24) is 0 Å². The van der Waals surface area contributed by atoms with Crippen molar-refractivity contribution in [3.05, 3.63) is 66.9 Å². The molecule has 1 aromatic heterocycles. The molecule has 3 aromatic rings. The second-order valence-electron chi connectivity index (χ2n) is 4.05. The molecule has 98 valence electrons. The first kappa shape index (κ1) is 13.1. The van der Waals surface area contributed by atoms with Gasteiger partial charge < -0.3 is 0 Å². The van der Waals surface area contributed by atoms with E-state index in [4.69, 9.17) is 19.2 Å². The molecule has 1 nitrogen and oxygen atoms in total. The van der Waals surface area contributed by atoms with Crippen molar-refractivity contribution in [1.29, 1.82) is 0 Å². The number of fused-ring (bicyclic) bond motifs is 1. The third-order valence-corrected chi connectivity index (χ3v) is 6.96. The average molecular weight is 468 g/mol. The van der Waals surface area contributed by atoms with Crippen molar-refractivity contribution in [2.75, 3.05) is 0 Å². The Balaban J connectivity index is 2.34. The van der Waals surface area contributed by atoms with Gasteiger partial charge in [0, 0.05) is 0 Å². The van der Waals surface area contributed by atoms with E-state index in [-0.39, 0.29) is 0 Å². The summed E-state index contributed by atoms with van der Waals surface area (Å²) < 4.78 is 3.17. The third kappa shape index (κ3) is 2.54. The first-order valence-corrected chi connectivity index (χ1v) is 12.9. The van der Waals surface area contributed by atoms with Crippen LogP contribution in [0.5, 0.6) is 0 Å². The maximum atomic E-state index is 6.35. The number of para-hydroxylation sites is 1. The van der Waals surface area contributed by atoms with Gasteiger partial charge in [-0.1, -0.05) is 0 Å². The van der Waals surface area contributed by atoms with Crippen LogP contribution in [0.15, 0.2) is 66.9 Å². The molecular formula is C15H11Cl2IrN+. The summed E-state index contributed by atoms with van der Waals surface area (Å²) in [6, 6.07) is 20.5. The topological polar surface area (TPSA) is 3.88 Å². The number of hydrogen-bond donors (Lipinski definition) is 0. The van der Waals surface area contributed by atoms with Crippen LogP contribution in [0.3, 0.4) is 0 Å². The molecule has 0 amide bonds. The van der Waals surface area contributed by atoms with Crippen molar-refractivity contribution >= 4 is 34.1 Å². The van der Waals surface area contributed by atoms with E-state index in [0.717, 1.165) is 15.3 Å². The van der Waals surface area contributed by atoms with Crippen LogP contribution in [-0.2, 0) is 14.5 Å². The van der Waals surface area contributed by atoms with Crippen molar-refractivity contribution in [3.8, 4) is 5.69 Å². The molecule has 0 aliphatic heterocycles. The molecule has 2 aromatic carbocycles. The molecular weight excluding hydrogens is 457 g/mol. The van der Waals surface area contributed by atoms with Crippen LogP contribution in [0.4, 0.5) is 0 Å². The second-order valence-corrected chi connectivity index (χ2v) is 11.6. The zero-order chi connectivity index (χ0) is 13.2. The minimum atomic E-state index is -2.26. The zero-order valence-electron chi connectivity index (χ0n) is 9.89. The van der Waals surface area contributed by atoms with Gasteiger partial charge in [-0.2, -0.15) is 0 Å². The predicted molar refractivity (Wildman–Crippen MR) is 76.8 cm³/mol. The van der Waals surface area contributed by atoms with Gasteiger partial charge in [0.2, 0.25) is 0 Å². The Bertz CT molecular complexity index is 714. The van der Waals surface area contributed by atoms with Crippen LogP contribution in [0.25, 0.3) is 16.5 Å². The van der Waals surface area contributed by atoms with Crippen LogP contribution < -0.4 is 8.77 Å². The number of pyridine rings is 1. The summed E-state index contributed by atoms with van der Waals surface area (Å²) in [5.74, 6) is 0. The maximum absolute atomic E-state index is 6.35. The first-order chi connectivity index (χ1) is 9.27. The van der Waals surface area contributed by atoms with E-state index in [2.05, 4.69) is 34.9 Å².